The van der Waals surface area contributed by atoms with Crippen LogP contribution in [0.25, 0.3) is 11.1 Å². The van der Waals surface area contributed by atoms with E-state index in [2.05, 4.69) is 5.32 Å². The van der Waals surface area contributed by atoms with Gasteiger partial charge in [-0.2, -0.15) is 4.31 Å². The average Bonchev–Trinajstić information content (AvgIpc) is 3.54. The summed E-state index contributed by atoms with van der Waals surface area (Å²) in [5.41, 5.74) is 1.77. The van der Waals surface area contributed by atoms with Crippen molar-refractivity contribution >= 4 is 27.8 Å². The number of carbonyl (C=O) groups excluding carboxylic acids is 3. The van der Waals surface area contributed by atoms with Crippen LogP contribution in [0.2, 0.25) is 0 Å². The molecule has 4 atom stereocenters. The molecule has 0 bridgehead atoms. The topological polar surface area (TPSA) is 113 Å². The summed E-state index contributed by atoms with van der Waals surface area (Å²) in [4.78, 5) is 43.2. The Kier molecular flexibility index (Phi) is 8.61. The van der Waals surface area contributed by atoms with Crippen LogP contribution in [0.4, 0.5) is 0 Å². The molecule has 0 spiro atoms. The molecule has 6 rings (SSSR count). The number of sulfonamides is 1. The summed E-state index contributed by atoms with van der Waals surface area (Å²) >= 11 is 0. The molecule has 0 unspecified atom stereocenters. The van der Waals surface area contributed by atoms with E-state index in [1.54, 1.807) is 24.3 Å². The van der Waals surface area contributed by atoms with E-state index in [1.807, 2.05) is 91.0 Å². The van der Waals surface area contributed by atoms with E-state index < -0.39 is 51.2 Å². The summed E-state index contributed by atoms with van der Waals surface area (Å²) < 4.78 is 34.0. The Morgan fingerprint density at radius 2 is 1.35 bits per heavy atom. The van der Waals surface area contributed by atoms with Gasteiger partial charge >= 0.3 is 5.97 Å². The molecule has 2 aliphatic rings. The molecule has 0 aliphatic carbocycles. The first-order valence-electron chi connectivity index (χ1n) is 15.1. The molecule has 236 valence electrons. The Morgan fingerprint density at radius 3 is 1.93 bits per heavy atom. The molecular weight excluding hydrogens is 602 g/mol. The lowest BCUT2D eigenvalue weighted by Gasteiger charge is -2.33. The number of fused-ring (bicyclic) bond motifs is 1. The fourth-order valence-electron chi connectivity index (χ4n) is 6.79. The van der Waals surface area contributed by atoms with Crippen LogP contribution in [0, 0.1) is 11.8 Å². The molecule has 2 amide bonds. The standard InChI is InChI=1S/C36H35N3O6S/c1-38(46(43,44)29-20-18-28(19-21-29)27-16-10-5-11-17-27)24-30-31-32(34(41)39(33(31)40)23-26-14-8-4-9-15-26)36(37-30,35(42)45-2)22-25-12-6-3-7-13-25/h3-21,30-32,37H,22-24H2,1-2H3/t30-,31+,32-,36-/m1/s1. The van der Waals surface area contributed by atoms with Gasteiger partial charge in [0.2, 0.25) is 21.8 Å². The van der Waals surface area contributed by atoms with Crippen molar-refractivity contribution in [1.82, 2.24) is 14.5 Å². The zero-order chi connectivity index (χ0) is 32.5. The van der Waals surface area contributed by atoms with E-state index in [4.69, 9.17) is 4.74 Å². The van der Waals surface area contributed by atoms with E-state index >= 15 is 0 Å². The number of likely N-dealkylation sites (N-methyl/N-ethyl adjacent to an activating group) is 1. The van der Waals surface area contributed by atoms with Gasteiger partial charge in [0.25, 0.3) is 0 Å². The number of benzene rings is 4. The van der Waals surface area contributed by atoms with Crippen molar-refractivity contribution < 1.29 is 27.5 Å². The highest BCUT2D eigenvalue weighted by atomic mass is 32.2. The Balaban J connectivity index is 1.34. The number of ether oxygens (including phenoxy) is 1. The Labute approximate surface area is 268 Å². The highest BCUT2D eigenvalue weighted by molar-refractivity contribution is 7.89. The van der Waals surface area contributed by atoms with Crippen LogP contribution in [-0.4, -0.2) is 67.7 Å². The molecule has 2 fully saturated rings. The third-order valence-corrected chi connectivity index (χ3v) is 10.9. The van der Waals surface area contributed by atoms with Crippen molar-refractivity contribution in [3.05, 3.63) is 126 Å². The summed E-state index contributed by atoms with van der Waals surface area (Å²) in [6.45, 7) is -0.113. The van der Waals surface area contributed by atoms with Crippen molar-refractivity contribution in [3.8, 4) is 11.1 Å². The third kappa shape index (κ3) is 5.64. The third-order valence-electron chi connectivity index (χ3n) is 9.03. The number of esters is 1. The Bertz CT molecular complexity index is 1840. The van der Waals surface area contributed by atoms with Crippen LogP contribution >= 0.6 is 0 Å². The lowest BCUT2D eigenvalue weighted by Crippen LogP contribution is -2.59. The average molecular weight is 638 g/mol. The number of amides is 2. The fraction of sp³-hybridized carbons (Fsp3) is 0.250. The fourth-order valence-corrected chi connectivity index (χ4v) is 7.99. The van der Waals surface area contributed by atoms with Gasteiger partial charge in [-0.1, -0.05) is 103 Å². The highest BCUT2D eigenvalue weighted by Gasteiger charge is 2.68. The monoisotopic (exact) mass is 637 g/mol. The zero-order valence-corrected chi connectivity index (χ0v) is 26.4. The quantitative estimate of drug-likeness (QED) is 0.207. The van der Waals surface area contributed by atoms with Crippen LogP contribution in [0.1, 0.15) is 11.1 Å². The van der Waals surface area contributed by atoms with Crippen LogP contribution in [0.15, 0.2) is 120 Å². The number of hydrogen-bond donors (Lipinski definition) is 1. The smallest absolute Gasteiger partial charge is 0.327 e. The Hall–Kier alpha value is -4.64. The van der Waals surface area contributed by atoms with Gasteiger partial charge < -0.3 is 4.74 Å². The van der Waals surface area contributed by atoms with Gasteiger partial charge in [0.1, 0.15) is 5.54 Å². The number of imide groups is 1. The van der Waals surface area contributed by atoms with Crippen LogP contribution in [0.3, 0.4) is 0 Å². The molecule has 0 saturated carbocycles. The van der Waals surface area contributed by atoms with E-state index in [9.17, 15) is 22.8 Å². The lowest BCUT2D eigenvalue weighted by atomic mass is 9.76. The van der Waals surface area contributed by atoms with Gasteiger partial charge in [-0.25, -0.2) is 8.42 Å². The first-order chi connectivity index (χ1) is 22.2. The molecule has 4 aromatic rings. The van der Waals surface area contributed by atoms with Crippen molar-refractivity contribution in [1.29, 1.82) is 0 Å². The predicted octanol–water partition coefficient (Wildman–Crippen LogP) is 3.90. The zero-order valence-electron chi connectivity index (χ0n) is 25.6. The number of carbonyl (C=O) groups is 3. The SMILES string of the molecule is COC(=O)[C@]1(Cc2ccccc2)N[C@H](CN(C)S(=O)(=O)c2ccc(-c3ccccc3)cc2)[C@@H]2C(=O)N(Cc3ccccc3)C(=O)[C@@H]21. The molecule has 10 heteroatoms. The molecule has 1 N–H and O–H groups in total. The highest BCUT2D eigenvalue weighted by Crippen LogP contribution is 2.46. The lowest BCUT2D eigenvalue weighted by molar-refractivity contribution is -0.154. The number of nitrogens with one attached hydrogen (secondary N) is 1. The first kappa shape index (κ1) is 31.3. The van der Waals surface area contributed by atoms with E-state index in [-0.39, 0.29) is 24.4 Å². The summed E-state index contributed by atoms with van der Waals surface area (Å²) in [5.74, 6) is -3.70. The van der Waals surface area contributed by atoms with Crippen molar-refractivity contribution in [2.75, 3.05) is 20.7 Å². The summed E-state index contributed by atoms with van der Waals surface area (Å²) in [6.07, 6.45) is 0.0772. The van der Waals surface area contributed by atoms with Gasteiger partial charge in [-0.3, -0.25) is 24.6 Å². The molecule has 46 heavy (non-hydrogen) atoms. The Morgan fingerprint density at radius 1 is 0.804 bits per heavy atom. The van der Waals surface area contributed by atoms with Gasteiger partial charge in [-0.05, 0) is 34.4 Å². The molecule has 4 aromatic carbocycles. The maximum atomic E-state index is 14.2. The molecular formula is C36H35N3O6S. The second kappa shape index (κ2) is 12.6. The van der Waals surface area contributed by atoms with Crippen LogP contribution in [-0.2, 0) is 42.1 Å². The molecule has 0 radical (unpaired) electrons. The number of hydrogen-bond acceptors (Lipinski definition) is 7. The van der Waals surface area contributed by atoms with Crippen LogP contribution in [0.5, 0.6) is 0 Å². The van der Waals surface area contributed by atoms with Gasteiger partial charge in [-0.15, -0.1) is 0 Å². The predicted molar refractivity (Wildman–Crippen MR) is 172 cm³/mol. The minimum absolute atomic E-state index is 0.0444. The van der Waals surface area contributed by atoms with Crippen molar-refractivity contribution in [2.24, 2.45) is 11.8 Å². The van der Waals surface area contributed by atoms with E-state index in [0.29, 0.717) is 0 Å². The maximum Gasteiger partial charge on any atom is 0.327 e. The molecule has 9 nitrogen and oxygen atoms in total. The normalized spacial score (nSPS) is 22.7. The molecule has 2 saturated heterocycles. The second-order valence-corrected chi connectivity index (χ2v) is 13.8. The summed E-state index contributed by atoms with van der Waals surface area (Å²) in [6, 6.07) is 33.7. The number of methoxy groups -OCH3 is 1. The van der Waals surface area contributed by atoms with Crippen molar-refractivity contribution in [2.45, 2.75) is 29.4 Å². The molecule has 2 heterocycles. The minimum Gasteiger partial charge on any atom is -0.468 e. The van der Waals surface area contributed by atoms with Gasteiger partial charge in [0.15, 0.2) is 0 Å². The minimum atomic E-state index is -4.00. The maximum absolute atomic E-state index is 14.2. The largest absolute Gasteiger partial charge is 0.468 e. The first-order valence-corrected chi connectivity index (χ1v) is 16.5. The number of likely N-dealkylation sites (tertiary alicyclic amines) is 1. The van der Waals surface area contributed by atoms with Gasteiger partial charge in [0, 0.05) is 26.1 Å². The van der Waals surface area contributed by atoms with Crippen LogP contribution < -0.4 is 5.32 Å². The van der Waals surface area contributed by atoms with E-state index in [1.165, 1.54) is 23.4 Å². The summed E-state index contributed by atoms with van der Waals surface area (Å²) in [7, 11) is -1.31. The van der Waals surface area contributed by atoms with Gasteiger partial charge in [0.05, 0.1) is 30.4 Å². The van der Waals surface area contributed by atoms with E-state index in [0.717, 1.165) is 22.3 Å². The summed E-state index contributed by atoms with van der Waals surface area (Å²) in [5, 5.41) is 3.29. The molecule has 2 aliphatic heterocycles. The number of rotatable bonds is 10. The second-order valence-electron chi connectivity index (χ2n) is 11.8. The molecule has 0 aromatic heterocycles. The number of nitrogens with zero attached hydrogens (tertiary/aromatic N) is 2. The van der Waals surface area contributed by atoms with Crippen molar-refractivity contribution in [3.63, 3.8) is 0 Å².